The van der Waals surface area contributed by atoms with E-state index in [0.29, 0.717) is 15.7 Å². The summed E-state index contributed by atoms with van der Waals surface area (Å²) < 4.78 is 5.57. The van der Waals surface area contributed by atoms with Crippen LogP contribution in [0, 0.1) is 6.92 Å². The summed E-state index contributed by atoms with van der Waals surface area (Å²) >= 11 is 7.30. The molecule has 0 fully saturated rings. The molecule has 0 atom stereocenters. The number of carbonyl (C=O) groups excluding carboxylic acids is 1. The van der Waals surface area contributed by atoms with Gasteiger partial charge in [-0.3, -0.25) is 10.1 Å². The highest BCUT2D eigenvalue weighted by molar-refractivity contribution is 7.13. The monoisotopic (exact) mass is 292 g/mol. The zero-order valence-electron chi connectivity index (χ0n) is 9.94. The number of furan rings is 1. The fourth-order valence-electron chi connectivity index (χ4n) is 1.85. The van der Waals surface area contributed by atoms with Gasteiger partial charge in [0.15, 0.2) is 10.9 Å². The van der Waals surface area contributed by atoms with E-state index in [1.165, 1.54) is 11.3 Å². The molecule has 19 heavy (non-hydrogen) atoms. The van der Waals surface area contributed by atoms with Gasteiger partial charge in [0.2, 0.25) is 0 Å². The van der Waals surface area contributed by atoms with Crippen molar-refractivity contribution in [1.82, 2.24) is 4.98 Å². The van der Waals surface area contributed by atoms with Gasteiger partial charge in [-0.1, -0.05) is 11.6 Å². The van der Waals surface area contributed by atoms with Crippen molar-refractivity contribution in [3.05, 3.63) is 46.1 Å². The van der Waals surface area contributed by atoms with Gasteiger partial charge in [0, 0.05) is 27.5 Å². The predicted molar refractivity (Wildman–Crippen MR) is 76.0 cm³/mol. The number of aryl methyl sites for hydroxylation is 1. The third-order valence-corrected chi connectivity index (χ3v) is 3.68. The Labute approximate surface area is 118 Å². The number of nitrogens with one attached hydrogen (secondary N) is 1. The van der Waals surface area contributed by atoms with Crippen molar-refractivity contribution in [2.75, 3.05) is 5.32 Å². The summed E-state index contributed by atoms with van der Waals surface area (Å²) in [5, 5.41) is 6.49. The fraction of sp³-hybridized carbons (Fsp3) is 0.0769. The molecule has 1 N–H and O–H groups in total. The molecule has 1 aromatic carbocycles. The Kier molecular flexibility index (Phi) is 3.00. The molecule has 3 rings (SSSR count). The summed E-state index contributed by atoms with van der Waals surface area (Å²) in [6.45, 7) is 1.83. The van der Waals surface area contributed by atoms with Crippen LogP contribution in [0.4, 0.5) is 5.13 Å². The number of carbonyl (C=O) groups is 1. The number of thiazole rings is 1. The van der Waals surface area contributed by atoms with Crippen molar-refractivity contribution in [2.24, 2.45) is 0 Å². The van der Waals surface area contributed by atoms with Crippen molar-refractivity contribution >= 4 is 44.9 Å². The molecule has 0 radical (unpaired) electrons. The quantitative estimate of drug-likeness (QED) is 0.773. The van der Waals surface area contributed by atoms with Crippen molar-refractivity contribution < 1.29 is 9.21 Å². The first-order chi connectivity index (χ1) is 9.15. The molecule has 0 saturated carbocycles. The van der Waals surface area contributed by atoms with Crippen molar-refractivity contribution in [3.63, 3.8) is 0 Å². The van der Waals surface area contributed by atoms with E-state index in [-0.39, 0.29) is 11.7 Å². The summed E-state index contributed by atoms with van der Waals surface area (Å²) in [7, 11) is 0. The van der Waals surface area contributed by atoms with E-state index in [9.17, 15) is 4.79 Å². The highest BCUT2D eigenvalue weighted by Gasteiger charge is 2.18. The summed E-state index contributed by atoms with van der Waals surface area (Å²) in [6, 6.07) is 5.27. The second-order valence-corrected chi connectivity index (χ2v) is 5.32. The van der Waals surface area contributed by atoms with Gasteiger partial charge < -0.3 is 4.42 Å². The molecule has 96 valence electrons. The Morgan fingerprint density at radius 2 is 2.32 bits per heavy atom. The summed E-state index contributed by atoms with van der Waals surface area (Å²) in [4.78, 5) is 16.1. The van der Waals surface area contributed by atoms with E-state index in [1.807, 2.05) is 6.92 Å². The van der Waals surface area contributed by atoms with E-state index in [2.05, 4.69) is 10.3 Å². The molecule has 0 unspecified atom stereocenters. The van der Waals surface area contributed by atoms with Crippen LogP contribution in [-0.4, -0.2) is 10.9 Å². The number of anilines is 1. The van der Waals surface area contributed by atoms with Gasteiger partial charge >= 0.3 is 0 Å². The zero-order valence-corrected chi connectivity index (χ0v) is 11.5. The minimum Gasteiger partial charge on any atom is -0.451 e. The van der Waals surface area contributed by atoms with E-state index >= 15 is 0 Å². The first kappa shape index (κ1) is 12.2. The van der Waals surface area contributed by atoms with Gasteiger partial charge in [-0.05, 0) is 25.1 Å². The van der Waals surface area contributed by atoms with Crippen LogP contribution in [0.1, 0.15) is 16.1 Å². The van der Waals surface area contributed by atoms with Gasteiger partial charge in [0.25, 0.3) is 5.91 Å². The Balaban J connectivity index is 2.00. The number of hydrogen-bond acceptors (Lipinski definition) is 4. The number of nitrogens with zero attached hydrogens (tertiary/aromatic N) is 1. The molecular formula is C13H9ClN2O2S. The number of hydrogen-bond donors (Lipinski definition) is 1. The molecule has 2 aromatic heterocycles. The van der Waals surface area contributed by atoms with Crippen molar-refractivity contribution in [2.45, 2.75) is 6.92 Å². The number of aromatic nitrogens is 1. The van der Waals surface area contributed by atoms with Gasteiger partial charge in [0.05, 0.1) is 0 Å². The first-order valence-corrected chi connectivity index (χ1v) is 6.80. The smallest absolute Gasteiger partial charge is 0.293 e. The second-order valence-electron chi connectivity index (χ2n) is 3.99. The second kappa shape index (κ2) is 4.68. The maximum Gasteiger partial charge on any atom is 0.293 e. The molecule has 0 aliphatic carbocycles. The Bertz CT molecular complexity index is 749. The molecule has 3 aromatic rings. The zero-order chi connectivity index (χ0) is 13.4. The van der Waals surface area contributed by atoms with Crippen molar-refractivity contribution in [3.8, 4) is 0 Å². The lowest BCUT2D eigenvalue weighted by atomic mass is 10.1. The Morgan fingerprint density at radius 1 is 1.47 bits per heavy atom. The minimum atomic E-state index is -0.306. The average molecular weight is 293 g/mol. The minimum absolute atomic E-state index is 0.285. The van der Waals surface area contributed by atoms with Crippen LogP contribution in [0.15, 0.2) is 34.2 Å². The predicted octanol–water partition coefficient (Wildman–Crippen LogP) is 4.10. The number of halogens is 1. The molecular weight excluding hydrogens is 284 g/mol. The fourth-order valence-corrected chi connectivity index (χ4v) is 2.54. The summed E-state index contributed by atoms with van der Waals surface area (Å²) in [6.07, 6.45) is 1.63. The first-order valence-electron chi connectivity index (χ1n) is 5.54. The molecule has 6 heteroatoms. The molecule has 0 spiro atoms. The topological polar surface area (TPSA) is 55.1 Å². The molecule has 0 aliphatic heterocycles. The number of fused-ring (bicyclic) bond motifs is 1. The van der Waals surface area contributed by atoms with Crippen LogP contribution in [-0.2, 0) is 0 Å². The summed E-state index contributed by atoms with van der Waals surface area (Å²) in [5.41, 5.74) is 1.41. The van der Waals surface area contributed by atoms with E-state index in [0.717, 1.165) is 10.9 Å². The summed E-state index contributed by atoms with van der Waals surface area (Å²) in [5.74, 6) is -0.0211. The highest BCUT2D eigenvalue weighted by Crippen LogP contribution is 2.28. The average Bonchev–Trinajstić information content (AvgIpc) is 2.98. The highest BCUT2D eigenvalue weighted by atomic mass is 35.5. The molecule has 0 bridgehead atoms. The van der Waals surface area contributed by atoms with Crippen LogP contribution in [0.5, 0.6) is 0 Å². The number of rotatable bonds is 2. The Hall–Kier alpha value is -1.85. The van der Waals surface area contributed by atoms with Gasteiger partial charge in [-0.15, -0.1) is 11.3 Å². The molecule has 0 aliphatic rings. The lowest BCUT2D eigenvalue weighted by Gasteiger charge is -1.98. The van der Waals surface area contributed by atoms with E-state index < -0.39 is 0 Å². The van der Waals surface area contributed by atoms with Crippen LogP contribution in [0.3, 0.4) is 0 Å². The van der Waals surface area contributed by atoms with Crippen molar-refractivity contribution in [1.29, 1.82) is 0 Å². The van der Waals surface area contributed by atoms with Crippen LogP contribution >= 0.6 is 22.9 Å². The largest absolute Gasteiger partial charge is 0.451 e. The Morgan fingerprint density at radius 3 is 3.05 bits per heavy atom. The van der Waals surface area contributed by atoms with E-state index in [4.69, 9.17) is 16.0 Å². The normalized spacial score (nSPS) is 10.8. The number of amides is 1. The van der Waals surface area contributed by atoms with Crippen LogP contribution < -0.4 is 5.32 Å². The molecule has 0 saturated heterocycles. The third-order valence-electron chi connectivity index (χ3n) is 2.76. The maximum atomic E-state index is 12.1. The van der Waals surface area contributed by atoms with Gasteiger partial charge in [-0.2, -0.15) is 0 Å². The SMILES string of the molecule is Cc1c(C(=O)Nc2nccs2)oc2ccc(Cl)cc12. The standard InChI is InChI=1S/C13H9ClN2O2S/c1-7-9-6-8(14)2-3-10(9)18-11(7)12(17)16-13-15-4-5-19-13/h2-6H,1H3,(H,15,16,17). The van der Waals surface area contributed by atoms with Crippen LogP contribution in [0.25, 0.3) is 11.0 Å². The molecule has 1 amide bonds. The van der Waals surface area contributed by atoms with Gasteiger partial charge in [0.1, 0.15) is 5.58 Å². The van der Waals surface area contributed by atoms with Gasteiger partial charge in [-0.25, -0.2) is 4.98 Å². The molecule has 2 heterocycles. The lowest BCUT2D eigenvalue weighted by Crippen LogP contribution is -2.11. The lowest BCUT2D eigenvalue weighted by molar-refractivity contribution is 0.0998. The number of benzene rings is 1. The van der Waals surface area contributed by atoms with Crippen LogP contribution in [0.2, 0.25) is 5.02 Å². The molecule has 4 nitrogen and oxygen atoms in total. The maximum absolute atomic E-state index is 12.1. The van der Waals surface area contributed by atoms with E-state index in [1.54, 1.807) is 29.8 Å². The third kappa shape index (κ3) is 2.22.